The summed E-state index contributed by atoms with van der Waals surface area (Å²) in [7, 11) is 0. The first-order valence-corrected chi connectivity index (χ1v) is 4.98. The second-order valence-corrected chi connectivity index (χ2v) is 4.32. The van der Waals surface area contributed by atoms with Crippen molar-refractivity contribution in [2.45, 2.75) is 20.4 Å². The topological polar surface area (TPSA) is 107 Å². The van der Waals surface area contributed by atoms with E-state index < -0.39 is 17.4 Å². The Morgan fingerprint density at radius 3 is 2.71 bits per heavy atom. The zero-order valence-corrected chi connectivity index (χ0v) is 9.71. The lowest BCUT2D eigenvalue weighted by Gasteiger charge is -2.18. The van der Waals surface area contributed by atoms with Crippen LogP contribution in [0.3, 0.4) is 0 Å². The number of nitrogens with two attached hydrogens (primary N) is 1. The van der Waals surface area contributed by atoms with Gasteiger partial charge in [-0.1, -0.05) is 0 Å². The molecule has 0 aromatic carbocycles. The zero-order valence-electron chi connectivity index (χ0n) is 9.71. The SMILES string of the molecule is CC(C)(COC(=O)Cn1cc(N)cn1)C(=O)O. The van der Waals surface area contributed by atoms with Crippen LogP contribution in [-0.2, 0) is 20.9 Å². The van der Waals surface area contributed by atoms with Crippen LogP contribution in [0, 0.1) is 5.41 Å². The predicted octanol–water partition coefficient (Wildman–Crippen LogP) is 0.119. The van der Waals surface area contributed by atoms with Gasteiger partial charge in [-0.15, -0.1) is 0 Å². The first kappa shape index (κ1) is 13.0. The molecule has 1 aromatic rings. The lowest BCUT2D eigenvalue weighted by Crippen LogP contribution is -2.31. The van der Waals surface area contributed by atoms with E-state index in [1.165, 1.54) is 30.9 Å². The highest BCUT2D eigenvalue weighted by atomic mass is 16.5. The Labute approximate surface area is 98.2 Å². The lowest BCUT2D eigenvalue weighted by atomic mass is 9.95. The number of ether oxygens (including phenoxy) is 1. The van der Waals surface area contributed by atoms with E-state index in [1.807, 2.05) is 0 Å². The van der Waals surface area contributed by atoms with Crippen LogP contribution in [0.25, 0.3) is 0 Å². The van der Waals surface area contributed by atoms with Gasteiger partial charge >= 0.3 is 11.9 Å². The number of carbonyl (C=O) groups excluding carboxylic acids is 1. The van der Waals surface area contributed by atoms with Gasteiger partial charge in [0.1, 0.15) is 13.2 Å². The minimum Gasteiger partial charge on any atom is -0.481 e. The maximum Gasteiger partial charge on any atom is 0.327 e. The number of esters is 1. The summed E-state index contributed by atoms with van der Waals surface area (Å²) in [5.74, 6) is -1.57. The number of carboxylic acids is 1. The molecule has 0 spiro atoms. The van der Waals surface area contributed by atoms with E-state index in [1.54, 1.807) is 0 Å². The van der Waals surface area contributed by atoms with Gasteiger partial charge < -0.3 is 15.6 Å². The average molecular weight is 241 g/mol. The molecule has 0 radical (unpaired) electrons. The highest BCUT2D eigenvalue weighted by Crippen LogP contribution is 2.15. The molecule has 1 heterocycles. The molecule has 0 saturated carbocycles. The quantitative estimate of drug-likeness (QED) is 0.709. The molecule has 0 atom stereocenters. The van der Waals surface area contributed by atoms with E-state index in [0.29, 0.717) is 5.69 Å². The number of carboxylic acid groups (broad SMARTS) is 1. The van der Waals surface area contributed by atoms with Crippen LogP contribution >= 0.6 is 0 Å². The molecule has 3 N–H and O–H groups in total. The van der Waals surface area contributed by atoms with Crippen molar-refractivity contribution in [2.75, 3.05) is 12.3 Å². The number of hydrogen-bond acceptors (Lipinski definition) is 5. The summed E-state index contributed by atoms with van der Waals surface area (Å²) in [6, 6.07) is 0. The first-order valence-electron chi connectivity index (χ1n) is 4.98. The molecule has 0 amide bonds. The molecule has 1 aromatic heterocycles. The van der Waals surface area contributed by atoms with Crippen molar-refractivity contribution < 1.29 is 19.4 Å². The molecule has 0 aliphatic heterocycles. The van der Waals surface area contributed by atoms with E-state index in [2.05, 4.69) is 5.10 Å². The van der Waals surface area contributed by atoms with Crippen molar-refractivity contribution >= 4 is 17.6 Å². The third-order valence-electron chi connectivity index (χ3n) is 2.12. The molecule has 7 heteroatoms. The molecule has 0 aliphatic carbocycles. The Bertz CT molecular complexity index is 425. The second kappa shape index (κ2) is 4.86. The van der Waals surface area contributed by atoms with Gasteiger partial charge in [0.25, 0.3) is 0 Å². The molecule has 17 heavy (non-hydrogen) atoms. The lowest BCUT2D eigenvalue weighted by molar-refractivity contribution is -0.157. The fourth-order valence-corrected chi connectivity index (χ4v) is 0.967. The van der Waals surface area contributed by atoms with Crippen LogP contribution in [0.15, 0.2) is 12.4 Å². The average Bonchev–Trinajstić information content (AvgIpc) is 2.61. The molecule has 0 fully saturated rings. The molecule has 0 bridgehead atoms. The van der Waals surface area contributed by atoms with E-state index in [4.69, 9.17) is 15.6 Å². The van der Waals surface area contributed by atoms with Gasteiger partial charge in [-0.25, -0.2) is 0 Å². The number of aromatic nitrogens is 2. The molecule has 0 unspecified atom stereocenters. The number of carbonyl (C=O) groups is 2. The fourth-order valence-electron chi connectivity index (χ4n) is 0.967. The van der Waals surface area contributed by atoms with Crippen molar-refractivity contribution in [1.29, 1.82) is 0 Å². The molecule has 94 valence electrons. The number of rotatable bonds is 5. The van der Waals surface area contributed by atoms with Crippen molar-refractivity contribution in [3.63, 3.8) is 0 Å². The monoisotopic (exact) mass is 241 g/mol. The van der Waals surface area contributed by atoms with Crippen LogP contribution in [0.2, 0.25) is 0 Å². The number of nitrogens with zero attached hydrogens (tertiary/aromatic N) is 2. The van der Waals surface area contributed by atoms with Crippen LogP contribution in [0.5, 0.6) is 0 Å². The maximum atomic E-state index is 11.4. The maximum absolute atomic E-state index is 11.4. The summed E-state index contributed by atoms with van der Waals surface area (Å²) in [6.45, 7) is 2.69. The molecule has 0 aliphatic rings. The zero-order chi connectivity index (χ0) is 13.1. The van der Waals surface area contributed by atoms with Crippen molar-refractivity contribution in [2.24, 2.45) is 5.41 Å². The Hall–Kier alpha value is -2.05. The standard InChI is InChI=1S/C10H15N3O4/c1-10(2,9(15)16)6-17-8(14)5-13-4-7(11)3-12-13/h3-4H,5-6,11H2,1-2H3,(H,15,16). The third kappa shape index (κ3) is 3.78. The van der Waals surface area contributed by atoms with E-state index >= 15 is 0 Å². The second-order valence-electron chi connectivity index (χ2n) is 4.32. The summed E-state index contributed by atoms with van der Waals surface area (Å²) >= 11 is 0. The Kier molecular flexibility index (Phi) is 3.72. The number of nitrogen functional groups attached to an aromatic ring is 1. The summed E-state index contributed by atoms with van der Waals surface area (Å²) in [4.78, 5) is 22.1. The molecular weight excluding hydrogens is 226 g/mol. The van der Waals surface area contributed by atoms with Crippen molar-refractivity contribution in [3.8, 4) is 0 Å². The first-order chi connectivity index (χ1) is 7.81. The molecule has 1 rings (SSSR count). The fraction of sp³-hybridized carbons (Fsp3) is 0.500. The van der Waals surface area contributed by atoms with Gasteiger partial charge in [-0.2, -0.15) is 5.10 Å². The van der Waals surface area contributed by atoms with Crippen molar-refractivity contribution in [3.05, 3.63) is 12.4 Å². The van der Waals surface area contributed by atoms with Gasteiger partial charge in [0.2, 0.25) is 0 Å². The summed E-state index contributed by atoms with van der Waals surface area (Å²) in [5.41, 5.74) is 4.77. The van der Waals surface area contributed by atoms with Crippen molar-refractivity contribution in [1.82, 2.24) is 9.78 Å². The van der Waals surface area contributed by atoms with Crippen LogP contribution in [-0.4, -0.2) is 33.4 Å². The van der Waals surface area contributed by atoms with Gasteiger partial charge in [0.05, 0.1) is 17.3 Å². The summed E-state index contributed by atoms with van der Waals surface area (Å²) in [6.07, 6.45) is 2.90. The van der Waals surface area contributed by atoms with Crippen LogP contribution < -0.4 is 5.73 Å². The van der Waals surface area contributed by atoms with Crippen LogP contribution in [0.4, 0.5) is 5.69 Å². The summed E-state index contributed by atoms with van der Waals surface area (Å²) in [5, 5.41) is 12.6. The molecular formula is C10H15N3O4. The minimum atomic E-state index is -1.10. The summed E-state index contributed by atoms with van der Waals surface area (Å²) < 4.78 is 6.18. The number of aliphatic carboxylic acids is 1. The molecule has 7 nitrogen and oxygen atoms in total. The van der Waals surface area contributed by atoms with E-state index in [-0.39, 0.29) is 13.2 Å². The highest BCUT2D eigenvalue weighted by Gasteiger charge is 2.29. The van der Waals surface area contributed by atoms with Gasteiger partial charge in [-0.05, 0) is 13.8 Å². The predicted molar refractivity (Wildman–Crippen MR) is 59.0 cm³/mol. The Balaban J connectivity index is 2.43. The molecule has 0 saturated heterocycles. The van der Waals surface area contributed by atoms with Gasteiger partial charge in [-0.3, -0.25) is 14.3 Å². The minimum absolute atomic E-state index is 0.0904. The van der Waals surface area contributed by atoms with E-state index in [9.17, 15) is 9.59 Å². The van der Waals surface area contributed by atoms with Gasteiger partial charge in [0, 0.05) is 6.20 Å². The van der Waals surface area contributed by atoms with Crippen LogP contribution in [0.1, 0.15) is 13.8 Å². The normalized spacial score (nSPS) is 11.2. The Morgan fingerprint density at radius 1 is 1.59 bits per heavy atom. The third-order valence-corrected chi connectivity index (χ3v) is 2.12. The highest BCUT2D eigenvalue weighted by molar-refractivity contribution is 5.75. The smallest absolute Gasteiger partial charge is 0.327 e. The Morgan fingerprint density at radius 2 is 2.24 bits per heavy atom. The number of hydrogen-bond donors (Lipinski definition) is 2. The van der Waals surface area contributed by atoms with Gasteiger partial charge in [0.15, 0.2) is 0 Å². The largest absolute Gasteiger partial charge is 0.481 e. The van der Waals surface area contributed by atoms with E-state index in [0.717, 1.165) is 0 Å². The number of anilines is 1.